The van der Waals surface area contributed by atoms with E-state index < -0.39 is 0 Å². The van der Waals surface area contributed by atoms with E-state index in [-0.39, 0.29) is 11.8 Å². The van der Waals surface area contributed by atoms with Gasteiger partial charge in [0.05, 0.1) is 0 Å². The van der Waals surface area contributed by atoms with Gasteiger partial charge in [0.25, 0.3) is 0 Å². The zero-order valence-corrected chi connectivity index (χ0v) is 6.67. The summed E-state index contributed by atoms with van der Waals surface area (Å²) in [6.07, 6.45) is 3.76. The minimum Gasteiger partial charge on any atom is -0.342 e. The molecule has 1 amide bonds. The fourth-order valence-corrected chi connectivity index (χ4v) is 1.36. The highest BCUT2D eigenvalue weighted by Gasteiger charge is 2.20. The number of piperidine rings is 1. The summed E-state index contributed by atoms with van der Waals surface area (Å²) in [5.74, 6) is 0.0117. The molecule has 1 rings (SSSR count). The number of hydrogen-bond donors (Lipinski definition) is 0. The minimum atomic E-state index is -0.0485. The molecule has 11 heavy (non-hydrogen) atoms. The number of likely N-dealkylation sites (tertiary alicyclic amines) is 1. The highest BCUT2D eigenvalue weighted by molar-refractivity contribution is 5.74. The fraction of sp³-hybridized carbons (Fsp3) is 0.750. The van der Waals surface area contributed by atoms with Gasteiger partial charge >= 0.3 is 0 Å². The van der Waals surface area contributed by atoms with Gasteiger partial charge in [0.1, 0.15) is 0 Å². The first-order valence-electron chi connectivity index (χ1n) is 3.87. The Kier molecular flexibility index (Phi) is 2.63. The van der Waals surface area contributed by atoms with Gasteiger partial charge in [0, 0.05) is 25.9 Å². The Hall–Kier alpha value is -0.860. The SMILES string of the molecule is CC(=O)N1CCCC([C]=O)C1. The van der Waals surface area contributed by atoms with Gasteiger partial charge in [0.2, 0.25) is 12.2 Å². The van der Waals surface area contributed by atoms with Crippen LogP contribution in [-0.2, 0) is 9.59 Å². The predicted molar refractivity (Wildman–Crippen MR) is 40.7 cm³/mol. The van der Waals surface area contributed by atoms with Crippen molar-refractivity contribution >= 4 is 12.2 Å². The fourth-order valence-electron chi connectivity index (χ4n) is 1.36. The number of amides is 1. The number of hydrogen-bond acceptors (Lipinski definition) is 2. The lowest BCUT2D eigenvalue weighted by atomic mass is 10.00. The van der Waals surface area contributed by atoms with E-state index in [1.54, 1.807) is 4.90 Å². The average Bonchev–Trinajstić information content (AvgIpc) is 2.05. The third kappa shape index (κ3) is 2.03. The van der Waals surface area contributed by atoms with Crippen molar-refractivity contribution in [1.82, 2.24) is 4.90 Å². The molecule has 0 bridgehead atoms. The third-order valence-corrected chi connectivity index (χ3v) is 2.03. The van der Waals surface area contributed by atoms with E-state index in [0.717, 1.165) is 19.4 Å². The first-order chi connectivity index (χ1) is 5.24. The second kappa shape index (κ2) is 3.51. The van der Waals surface area contributed by atoms with Crippen LogP contribution >= 0.6 is 0 Å². The van der Waals surface area contributed by atoms with Crippen molar-refractivity contribution in [2.24, 2.45) is 5.92 Å². The monoisotopic (exact) mass is 154 g/mol. The van der Waals surface area contributed by atoms with Gasteiger partial charge in [-0.25, -0.2) is 0 Å². The van der Waals surface area contributed by atoms with Crippen LogP contribution < -0.4 is 0 Å². The van der Waals surface area contributed by atoms with Crippen molar-refractivity contribution in [1.29, 1.82) is 0 Å². The second-order valence-electron chi connectivity index (χ2n) is 2.92. The molecule has 1 aliphatic rings. The molecule has 3 heteroatoms. The molecule has 0 aromatic heterocycles. The Morgan fingerprint density at radius 2 is 2.36 bits per heavy atom. The van der Waals surface area contributed by atoms with E-state index in [1.165, 1.54) is 6.92 Å². The summed E-state index contributed by atoms with van der Waals surface area (Å²) in [5, 5.41) is 0. The molecule has 0 spiro atoms. The number of nitrogens with zero attached hydrogens (tertiary/aromatic N) is 1. The molecule has 1 radical (unpaired) electrons. The van der Waals surface area contributed by atoms with Crippen LogP contribution in [0.4, 0.5) is 0 Å². The van der Waals surface area contributed by atoms with Gasteiger partial charge in [-0.1, -0.05) is 0 Å². The lowest BCUT2D eigenvalue weighted by Gasteiger charge is -2.28. The highest BCUT2D eigenvalue weighted by Crippen LogP contribution is 2.13. The van der Waals surface area contributed by atoms with Crippen LogP contribution in [0.5, 0.6) is 0 Å². The van der Waals surface area contributed by atoms with Crippen LogP contribution in [0, 0.1) is 5.92 Å². The first-order valence-corrected chi connectivity index (χ1v) is 3.87. The molecule has 0 aromatic rings. The Bertz CT molecular complexity index is 167. The van der Waals surface area contributed by atoms with Gasteiger partial charge in [-0.2, -0.15) is 0 Å². The molecule has 0 aliphatic carbocycles. The lowest BCUT2D eigenvalue weighted by Crippen LogP contribution is -2.38. The van der Waals surface area contributed by atoms with Crippen molar-refractivity contribution in [2.75, 3.05) is 13.1 Å². The Morgan fingerprint density at radius 1 is 1.64 bits per heavy atom. The smallest absolute Gasteiger partial charge is 0.219 e. The van der Waals surface area contributed by atoms with E-state index >= 15 is 0 Å². The molecule has 0 aromatic carbocycles. The topological polar surface area (TPSA) is 37.4 Å². The summed E-state index contributed by atoms with van der Waals surface area (Å²) in [5.41, 5.74) is 0. The van der Waals surface area contributed by atoms with Gasteiger partial charge in [-0.3, -0.25) is 9.59 Å². The van der Waals surface area contributed by atoms with E-state index in [4.69, 9.17) is 0 Å². The van der Waals surface area contributed by atoms with Crippen molar-refractivity contribution in [3.05, 3.63) is 0 Å². The Balaban J connectivity index is 2.45. The first kappa shape index (κ1) is 8.24. The van der Waals surface area contributed by atoms with Crippen LogP contribution in [0.3, 0.4) is 0 Å². The number of rotatable bonds is 1. The molecule has 1 unspecified atom stereocenters. The molecule has 1 atom stereocenters. The van der Waals surface area contributed by atoms with Crippen molar-refractivity contribution in [2.45, 2.75) is 19.8 Å². The predicted octanol–water partition coefficient (Wildman–Crippen LogP) is 0.355. The van der Waals surface area contributed by atoms with Crippen molar-refractivity contribution in [3.8, 4) is 0 Å². The van der Waals surface area contributed by atoms with Crippen molar-refractivity contribution in [3.63, 3.8) is 0 Å². The van der Waals surface area contributed by atoms with Crippen molar-refractivity contribution < 1.29 is 9.59 Å². The van der Waals surface area contributed by atoms with Gasteiger partial charge in [-0.05, 0) is 12.8 Å². The maximum absolute atomic E-state index is 10.9. The van der Waals surface area contributed by atoms with E-state index in [2.05, 4.69) is 0 Å². The summed E-state index contributed by atoms with van der Waals surface area (Å²) in [6.45, 7) is 2.90. The number of carbonyl (C=O) groups is 1. The van der Waals surface area contributed by atoms with Crippen LogP contribution in [0.1, 0.15) is 19.8 Å². The highest BCUT2D eigenvalue weighted by atomic mass is 16.2. The molecule has 1 heterocycles. The van der Waals surface area contributed by atoms with Gasteiger partial charge < -0.3 is 4.90 Å². The van der Waals surface area contributed by atoms with E-state index in [0.29, 0.717) is 6.54 Å². The van der Waals surface area contributed by atoms with Crippen LogP contribution in [0.2, 0.25) is 0 Å². The Morgan fingerprint density at radius 3 is 2.91 bits per heavy atom. The average molecular weight is 154 g/mol. The molecule has 0 N–H and O–H groups in total. The molecule has 3 nitrogen and oxygen atoms in total. The maximum Gasteiger partial charge on any atom is 0.219 e. The number of carbonyl (C=O) groups excluding carboxylic acids is 2. The zero-order valence-electron chi connectivity index (χ0n) is 6.67. The zero-order chi connectivity index (χ0) is 8.27. The minimum absolute atomic E-state index is 0.0485. The van der Waals surface area contributed by atoms with Gasteiger partial charge in [-0.15, -0.1) is 0 Å². The molecule has 61 valence electrons. The van der Waals surface area contributed by atoms with Crippen LogP contribution in [0.15, 0.2) is 0 Å². The largest absolute Gasteiger partial charge is 0.342 e. The van der Waals surface area contributed by atoms with E-state index in [1.807, 2.05) is 6.29 Å². The van der Waals surface area contributed by atoms with E-state index in [9.17, 15) is 9.59 Å². The lowest BCUT2D eigenvalue weighted by molar-refractivity contribution is -0.130. The summed E-state index contributed by atoms with van der Waals surface area (Å²) >= 11 is 0. The van der Waals surface area contributed by atoms with Crippen LogP contribution in [0.25, 0.3) is 0 Å². The molecular weight excluding hydrogens is 142 g/mol. The van der Waals surface area contributed by atoms with Gasteiger partial charge in [0.15, 0.2) is 0 Å². The molecule has 1 fully saturated rings. The Labute approximate surface area is 66.4 Å². The normalized spacial score (nSPS) is 24.8. The van der Waals surface area contributed by atoms with Crippen LogP contribution in [-0.4, -0.2) is 30.2 Å². The summed E-state index contributed by atoms with van der Waals surface area (Å²) < 4.78 is 0. The molecule has 1 saturated heterocycles. The quantitative estimate of drug-likeness (QED) is 0.546. The summed E-state index contributed by atoms with van der Waals surface area (Å²) in [7, 11) is 0. The standard InChI is InChI=1S/C8H12NO2/c1-7(11)9-4-2-3-8(5-9)6-10/h8H,2-5H2,1H3. The molecule has 1 aliphatic heterocycles. The maximum atomic E-state index is 10.9. The summed E-state index contributed by atoms with van der Waals surface area (Å²) in [4.78, 5) is 22.8. The third-order valence-electron chi connectivity index (χ3n) is 2.03. The second-order valence-corrected chi connectivity index (χ2v) is 2.92. The molecule has 0 saturated carbocycles. The molecular formula is C8H12NO2. The summed E-state index contributed by atoms with van der Waals surface area (Å²) in [6, 6.07) is 0.